The molecule has 1 spiro atoms. The van der Waals surface area contributed by atoms with Gasteiger partial charge in [-0.25, -0.2) is 4.99 Å². The van der Waals surface area contributed by atoms with Crippen molar-refractivity contribution in [2.24, 2.45) is 21.5 Å². The molecule has 29 heavy (non-hydrogen) atoms. The number of hydrogen-bond acceptors (Lipinski definition) is 6. The van der Waals surface area contributed by atoms with E-state index in [4.69, 9.17) is 11.5 Å². The van der Waals surface area contributed by atoms with Crippen molar-refractivity contribution in [3.05, 3.63) is 65.7 Å². The van der Waals surface area contributed by atoms with Crippen LogP contribution in [0.1, 0.15) is 48.0 Å². The Balaban J connectivity index is 1.52. The van der Waals surface area contributed by atoms with Crippen LogP contribution in [0.5, 0.6) is 0 Å². The highest BCUT2D eigenvalue weighted by atomic mass is 16.1. The first kappa shape index (κ1) is 19.0. The number of rotatable bonds is 4. The number of carbonyl (C=O) groups excluding carboxylic acids is 1. The lowest BCUT2D eigenvalue weighted by Crippen LogP contribution is -2.58. The van der Waals surface area contributed by atoms with Crippen molar-refractivity contribution in [2.75, 3.05) is 4.90 Å². The molecule has 2 aliphatic rings. The molecule has 1 amide bonds. The second kappa shape index (κ2) is 7.95. The molecular formula is C22H26N6O. The second-order valence-corrected chi connectivity index (χ2v) is 7.53. The Morgan fingerprint density at radius 1 is 1.00 bits per heavy atom. The van der Waals surface area contributed by atoms with Gasteiger partial charge in [0, 0.05) is 17.8 Å². The van der Waals surface area contributed by atoms with Crippen LogP contribution in [-0.4, -0.2) is 23.5 Å². The summed E-state index contributed by atoms with van der Waals surface area (Å²) in [5.41, 5.74) is 14.2. The van der Waals surface area contributed by atoms with E-state index in [1.807, 2.05) is 47.4 Å². The third-order valence-corrected chi connectivity index (χ3v) is 5.53. The molecular weight excluding hydrogens is 364 g/mol. The number of aliphatic imine (C=N–C) groups is 2. The normalized spacial score (nSPS) is 18.1. The van der Waals surface area contributed by atoms with E-state index in [1.165, 1.54) is 6.42 Å². The minimum absolute atomic E-state index is 0.115. The van der Waals surface area contributed by atoms with Crippen molar-refractivity contribution < 1.29 is 4.79 Å². The van der Waals surface area contributed by atoms with E-state index in [2.05, 4.69) is 15.3 Å². The molecule has 1 fully saturated rings. The lowest BCUT2D eigenvalue weighted by molar-refractivity contribution is 0.0951. The Morgan fingerprint density at radius 3 is 2.38 bits per heavy atom. The first-order valence-corrected chi connectivity index (χ1v) is 9.99. The highest BCUT2D eigenvalue weighted by molar-refractivity contribution is 6.06. The summed E-state index contributed by atoms with van der Waals surface area (Å²) < 4.78 is 0. The van der Waals surface area contributed by atoms with Gasteiger partial charge in [0.15, 0.2) is 0 Å². The average molecular weight is 390 g/mol. The van der Waals surface area contributed by atoms with Gasteiger partial charge in [0.05, 0.1) is 0 Å². The van der Waals surface area contributed by atoms with E-state index in [9.17, 15) is 4.79 Å². The van der Waals surface area contributed by atoms with Crippen LogP contribution < -0.4 is 21.7 Å². The average Bonchev–Trinajstić information content (AvgIpc) is 2.73. The van der Waals surface area contributed by atoms with E-state index >= 15 is 0 Å². The van der Waals surface area contributed by atoms with E-state index in [-0.39, 0.29) is 11.9 Å². The third kappa shape index (κ3) is 3.94. The molecule has 2 aromatic carbocycles. The van der Waals surface area contributed by atoms with Gasteiger partial charge in [-0.1, -0.05) is 36.8 Å². The largest absolute Gasteiger partial charge is 0.369 e. The van der Waals surface area contributed by atoms with E-state index in [0.717, 1.165) is 36.9 Å². The van der Waals surface area contributed by atoms with Crippen molar-refractivity contribution in [1.29, 1.82) is 0 Å². The van der Waals surface area contributed by atoms with Gasteiger partial charge in [-0.3, -0.25) is 9.69 Å². The van der Waals surface area contributed by atoms with E-state index in [1.54, 1.807) is 12.1 Å². The maximum absolute atomic E-state index is 12.5. The maximum Gasteiger partial charge on any atom is 0.251 e. The molecule has 1 aliphatic carbocycles. The minimum Gasteiger partial charge on any atom is -0.369 e. The Bertz CT molecular complexity index is 930. The number of amides is 1. The molecule has 0 saturated heterocycles. The quantitative estimate of drug-likeness (QED) is 0.746. The summed E-state index contributed by atoms with van der Waals surface area (Å²) in [6.45, 7) is 0.490. The van der Waals surface area contributed by atoms with Crippen LogP contribution in [0.2, 0.25) is 0 Å². The van der Waals surface area contributed by atoms with Crippen molar-refractivity contribution in [3.8, 4) is 0 Å². The molecule has 150 valence electrons. The molecule has 0 atom stereocenters. The van der Waals surface area contributed by atoms with E-state index < -0.39 is 5.66 Å². The fourth-order valence-corrected chi connectivity index (χ4v) is 4.14. The number of nitrogens with two attached hydrogens (primary N) is 2. The van der Waals surface area contributed by atoms with Crippen molar-refractivity contribution in [3.63, 3.8) is 0 Å². The van der Waals surface area contributed by atoms with Crippen molar-refractivity contribution in [2.45, 2.75) is 44.3 Å². The van der Waals surface area contributed by atoms with Gasteiger partial charge in [0.1, 0.15) is 5.66 Å². The molecule has 0 unspecified atom stereocenters. The molecule has 1 saturated carbocycles. The summed E-state index contributed by atoms with van der Waals surface area (Å²) in [6.07, 6.45) is 5.08. The fraction of sp³-hybridized carbons (Fsp3) is 0.318. The lowest BCUT2D eigenvalue weighted by atomic mass is 9.87. The predicted octanol–water partition coefficient (Wildman–Crippen LogP) is 2.73. The number of hydrogen-bond donors (Lipinski definition) is 3. The van der Waals surface area contributed by atoms with Gasteiger partial charge in [0.2, 0.25) is 11.9 Å². The third-order valence-electron chi connectivity index (χ3n) is 5.53. The molecule has 1 heterocycles. The van der Waals surface area contributed by atoms with Gasteiger partial charge in [0.25, 0.3) is 5.91 Å². The molecule has 0 radical (unpaired) electrons. The number of nitrogens with one attached hydrogen (secondary N) is 1. The van der Waals surface area contributed by atoms with Crippen LogP contribution in [-0.2, 0) is 6.54 Å². The number of nitrogens with zero attached hydrogens (tertiary/aromatic N) is 3. The lowest BCUT2D eigenvalue weighted by Gasteiger charge is -2.45. The summed E-state index contributed by atoms with van der Waals surface area (Å²) in [4.78, 5) is 23.3. The minimum atomic E-state index is -0.481. The Kier molecular flexibility index (Phi) is 5.20. The van der Waals surface area contributed by atoms with Gasteiger partial charge >= 0.3 is 0 Å². The van der Waals surface area contributed by atoms with Crippen LogP contribution in [0.25, 0.3) is 0 Å². The fourth-order valence-electron chi connectivity index (χ4n) is 4.14. The molecule has 0 bridgehead atoms. The summed E-state index contributed by atoms with van der Waals surface area (Å²) in [6, 6.07) is 17.2. The molecule has 2 aromatic rings. The van der Waals surface area contributed by atoms with Crippen molar-refractivity contribution in [1.82, 2.24) is 5.32 Å². The molecule has 0 aromatic heterocycles. The zero-order valence-corrected chi connectivity index (χ0v) is 16.3. The number of anilines is 1. The van der Waals surface area contributed by atoms with Crippen molar-refractivity contribution >= 4 is 23.5 Å². The van der Waals surface area contributed by atoms with Gasteiger partial charge < -0.3 is 16.8 Å². The molecule has 7 heteroatoms. The Labute approximate surface area is 170 Å². The second-order valence-electron chi connectivity index (χ2n) is 7.53. The van der Waals surface area contributed by atoms with Gasteiger partial charge in [-0.15, -0.1) is 0 Å². The number of carbonyl (C=O) groups is 1. The predicted molar refractivity (Wildman–Crippen MR) is 116 cm³/mol. The molecule has 7 nitrogen and oxygen atoms in total. The molecule has 4 rings (SSSR count). The van der Waals surface area contributed by atoms with Crippen LogP contribution >= 0.6 is 0 Å². The monoisotopic (exact) mass is 390 g/mol. The van der Waals surface area contributed by atoms with Gasteiger partial charge in [-0.2, -0.15) is 4.99 Å². The highest BCUT2D eigenvalue weighted by Crippen LogP contribution is 2.39. The summed E-state index contributed by atoms with van der Waals surface area (Å²) in [5, 5.41) is 2.95. The zero-order valence-electron chi connectivity index (χ0n) is 16.3. The number of guanidine groups is 2. The topological polar surface area (TPSA) is 109 Å². The SMILES string of the molecule is NC1=NC2(CCCCC2)N(c2ccc(C(=O)NCc3ccccc3)cc2)C(N)=N1. The van der Waals surface area contributed by atoms with Gasteiger partial charge in [-0.05, 0) is 55.5 Å². The summed E-state index contributed by atoms with van der Waals surface area (Å²) in [5.74, 6) is 0.466. The highest BCUT2D eigenvalue weighted by Gasteiger charge is 2.42. The van der Waals surface area contributed by atoms with Crippen LogP contribution in [0, 0.1) is 0 Å². The Hall–Kier alpha value is -3.35. The number of benzene rings is 2. The standard InChI is InChI=1S/C22H26N6O/c23-20-26-21(24)28(22(27-20)13-5-2-6-14-22)18-11-9-17(10-12-18)19(29)25-15-16-7-3-1-4-8-16/h1,3-4,7-12H,2,5-6,13-15H2,(H,25,29)(H4,23,24,26,27). The van der Waals surface area contributed by atoms with E-state index in [0.29, 0.717) is 18.1 Å². The van der Waals surface area contributed by atoms with Crippen LogP contribution in [0.4, 0.5) is 5.69 Å². The molecule has 5 N–H and O–H groups in total. The van der Waals surface area contributed by atoms with Crippen LogP contribution in [0.3, 0.4) is 0 Å². The van der Waals surface area contributed by atoms with Crippen LogP contribution in [0.15, 0.2) is 64.6 Å². The first-order chi connectivity index (χ1) is 14.1. The summed E-state index contributed by atoms with van der Waals surface area (Å²) in [7, 11) is 0. The first-order valence-electron chi connectivity index (χ1n) is 9.99. The Morgan fingerprint density at radius 2 is 1.69 bits per heavy atom. The summed E-state index contributed by atoms with van der Waals surface area (Å²) >= 11 is 0. The smallest absolute Gasteiger partial charge is 0.251 e. The zero-order chi connectivity index (χ0) is 20.3. The maximum atomic E-state index is 12.5. The molecule has 1 aliphatic heterocycles.